The summed E-state index contributed by atoms with van der Waals surface area (Å²) in [6.45, 7) is 2.56. The topological polar surface area (TPSA) is 86.5 Å². The van der Waals surface area contributed by atoms with Crippen LogP contribution in [0.2, 0.25) is 0 Å². The van der Waals surface area contributed by atoms with Crippen LogP contribution in [0.5, 0.6) is 11.6 Å². The molecule has 10 heteroatoms. The van der Waals surface area contributed by atoms with E-state index in [2.05, 4.69) is 20.2 Å². The van der Waals surface area contributed by atoms with E-state index in [0.29, 0.717) is 23.8 Å². The number of amides is 1. The summed E-state index contributed by atoms with van der Waals surface area (Å²) in [6, 6.07) is 9.74. The van der Waals surface area contributed by atoms with Crippen LogP contribution in [-0.2, 0) is 17.8 Å². The van der Waals surface area contributed by atoms with Gasteiger partial charge in [0.2, 0.25) is 11.8 Å². The predicted octanol–water partition coefficient (Wildman–Crippen LogP) is 4.39. The van der Waals surface area contributed by atoms with Crippen molar-refractivity contribution < 1.29 is 32.0 Å². The van der Waals surface area contributed by atoms with Gasteiger partial charge in [0.05, 0.1) is 29.6 Å². The van der Waals surface area contributed by atoms with Crippen molar-refractivity contribution in [3.05, 3.63) is 65.2 Å². The fraction of sp³-hybridized carbons (Fsp3) is 0.286. The van der Waals surface area contributed by atoms with Gasteiger partial charge in [0, 0.05) is 6.07 Å². The molecule has 0 spiro atoms. The number of pyridine rings is 1. The molecule has 2 heterocycles. The quantitative estimate of drug-likeness (QED) is 0.565. The molecule has 7 nitrogen and oxygen atoms in total. The first-order chi connectivity index (χ1) is 14.7. The molecule has 0 aliphatic carbocycles. The molecule has 0 aliphatic heterocycles. The number of nitrogens with one attached hydrogen (secondary N) is 1. The molecular weight excluding hydrogens is 415 g/mol. The molecule has 3 rings (SSSR count). The zero-order valence-electron chi connectivity index (χ0n) is 16.8. The van der Waals surface area contributed by atoms with Crippen molar-refractivity contribution in [2.75, 3.05) is 11.9 Å². The second kappa shape index (κ2) is 9.50. The number of hydrogen-bond donors (Lipinski definition) is 1. The Morgan fingerprint density at radius 1 is 1.10 bits per heavy atom. The van der Waals surface area contributed by atoms with Gasteiger partial charge in [-0.25, -0.2) is 4.98 Å². The van der Waals surface area contributed by atoms with Gasteiger partial charge in [0.25, 0.3) is 0 Å². The lowest BCUT2D eigenvalue weighted by Gasteiger charge is -2.09. The Bertz CT molecular complexity index is 996. The lowest BCUT2D eigenvalue weighted by molar-refractivity contribution is -0.154. The smallest absolute Gasteiger partial charge is 0.422 e. The van der Waals surface area contributed by atoms with E-state index in [1.54, 1.807) is 24.3 Å². The summed E-state index contributed by atoms with van der Waals surface area (Å²) in [6.07, 6.45) is -3.10. The maximum Gasteiger partial charge on any atom is 0.422 e. The monoisotopic (exact) mass is 435 g/mol. The van der Waals surface area contributed by atoms with Gasteiger partial charge in [0.1, 0.15) is 18.1 Å². The highest BCUT2D eigenvalue weighted by Gasteiger charge is 2.28. The molecule has 1 aromatic carbocycles. The largest absolute Gasteiger partial charge is 0.489 e. The van der Waals surface area contributed by atoms with Crippen LogP contribution in [0.4, 0.5) is 18.9 Å². The number of aryl methyl sites for hydroxylation is 2. The minimum absolute atomic E-state index is 0.108. The third kappa shape index (κ3) is 6.73. The van der Waals surface area contributed by atoms with Crippen molar-refractivity contribution in [3.8, 4) is 11.6 Å². The molecule has 0 atom stereocenters. The SMILES string of the molecule is Cc1noc(C)c1COc1ccc(CC(=O)Nc2ccc(OCC(F)(F)F)nc2)cc1. The summed E-state index contributed by atoms with van der Waals surface area (Å²) in [5, 5.41) is 6.51. The molecule has 1 N–H and O–H groups in total. The Labute approximate surface area is 176 Å². The van der Waals surface area contributed by atoms with Crippen LogP contribution in [0.1, 0.15) is 22.6 Å². The van der Waals surface area contributed by atoms with Gasteiger partial charge in [0.15, 0.2) is 6.61 Å². The molecule has 0 bridgehead atoms. The van der Waals surface area contributed by atoms with E-state index in [1.807, 2.05) is 13.8 Å². The van der Waals surface area contributed by atoms with Crippen molar-refractivity contribution in [2.24, 2.45) is 0 Å². The van der Waals surface area contributed by atoms with Crippen LogP contribution in [0.25, 0.3) is 0 Å². The molecule has 0 unspecified atom stereocenters. The zero-order chi connectivity index (χ0) is 22.4. The van der Waals surface area contributed by atoms with E-state index >= 15 is 0 Å². The highest BCUT2D eigenvalue weighted by atomic mass is 19.4. The van der Waals surface area contributed by atoms with Gasteiger partial charge in [-0.15, -0.1) is 0 Å². The highest BCUT2D eigenvalue weighted by Crippen LogP contribution is 2.20. The third-order valence-corrected chi connectivity index (χ3v) is 4.26. The van der Waals surface area contributed by atoms with Crippen molar-refractivity contribution in [1.29, 1.82) is 0 Å². The second-order valence-electron chi connectivity index (χ2n) is 6.75. The van der Waals surface area contributed by atoms with Crippen LogP contribution in [-0.4, -0.2) is 28.8 Å². The summed E-state index contributed by atoms with van der Waals surface area (Å²) in [5.74, 6) is 0.876. The summed E-state index contributed by atoms with van der Waals surface area (Å²) >= 11 is 0. The minimum atomic E-state index is -4.44. The average Bonchev–Trinajstić information content (AvgIpc) is 3.04. The summed E-state index contributed by atoms with van der Waals surface area (Å²) in [4.78, 5) is 15.9. The predicted molar refractivity (Wildman–Crippen MR) is 105 cm³/mol. The Morgan fingerprint density at radius 3 is 2.42 bits per heavy atom. The molecule has 164 valence electrons. The number of benzene rings is 1. The van der Waals surface area contributed by atoms with Crippen LogP contribution in [0.3, 0.4) is 0 Å². The first-order valence-electron chi connectivity index (χ1n) is 9.28. The number of rotatable bonds is 8. The minimum Gasteiger partial charge on any atom is -0.489 e. The third-order valence-electron chi connectivity index (χ3n) is 4.26. The van der Waals surface area contributed by atoms with E-state index in [4.69, 9.17) is 9.26 Å². The zero-order valence-corrected chi connectivity index (χ0v) is 16.8. The van der Waals surface area contributed by atoms with Crippen molar-refractivity contribution in [2.45, 2.75) is 33.1 Å². The maximum atomic E-state index is 12.2. The normalized spacial score (nSPS) is 11.3. The van der Waals surface area contributed by atoms with E-state index in [0.717, 1.165) is 16.8 Å². The van der Waals surface area contributed by atoms with Crippen LogP contribution >= 0.6 is 0 Å². The van der Waals surface area contributed by atoms with E-state index in [1.165, 1.54) is 18.3 Å². The molecule has 0 saturated carbocycles. The van der Waals surface area contributed by atoms with Gasteiger partial charge in [-0.05, 0) is 37.6 Å². The summed E-state index contributed by atoms with van der Waals surface area (Å²) < 4.78 is 51.8. The Morgan fingerprint density at radius 2 is 1.84 bits per heavy atom. The molecule has 2 aromatic heterocycles. The molecule has 0 fully saturated rings. The maximum absolute atomic E-state index is 12.2. The highest BCUT2D eigenvalue weighted by molar-refractivity contribution is 5.92. The van der Waals surface area contributed by atoms with Crippen molar-refractivity contribution >= 4 is 11.6 Å². The standard InChI is InChI=1S/C21H20F3N3O4/c1-13-18(14(2)31-27-13)11-29-17-6-3-15(4-7-17)9-19(28)26-16-5-8-20(25-10-16)30-12-21(22,23)24/h3-8,10H,9,11-12H2,1-2H3,(H,26,28). The lowest BCUT2D eigenvalue weighted by atomic mass is 10.1. The first-order valence-corrected chi connectivity index (χ1v) is 9.28. The molecule has 3 aromatic rings. The van der Waals surface area contributed by atoms with Gasteiger partial charge in [-0.2, -0.15) is 13.2 Å². The number of hydrogen-bond acceptors (Lipinski definition) is 6. The number of carbonyl (C=O) groups excluding carboxylic acids is 1. The lowest BCUT2D eigenvalue weighted by Crippen LogP contribution is -2.19. The summed E-state index contributed by atoms with van der Waals surface area (Å²) in [7, 11) is 0. The number of nitrogens with zero attached hydrogens (tertiary/aromatic N) is 2. The number of alkyl halides is 3. The molecule has 0 radical (unpaired) electrons. The molecule has 31 heavy (non-hydrogen) atoms. The van der Waals surface area contributed by atoms with E-state index < -0.39 is 12.8 Å². The van der Waals surface area contributed by atoms with Gasteiger partial charge in [-0.3, -0.25) is 4.79 Å². The fourth-order valence-electron chi connectivity index (χ4n) is 2.65. The van der Waals surface area contributed by atoms with Crippen molar-refractivity contribution in [3.63, 3.8) is 0 Å². The Balaban J connectivity index is 1.48. The number of aromatic nitrogens is 2. The van der Waals surface area contributed by atoms with Crippen LogP contribution < -0.4 is 14.8 Å². The Hall–Kier alpha value is -3.56. The van der Waals surface area contributed by atoms with E-state index in [9.17, 15) is 18.0 Å². The van der Waals surface area contributed by atoms with Gasteiger partial charge in [-0.1, -0.05) is 17.3 Å². The van der Waals surface area contributed by atoms with Crippen LogP contribution in [0.15, 0.2) is 47.1 Å². The first kappa shape index (κ1) is 22.1. The summed E-state index contributed by atoms with van der Waals surface area (Å²) in [5.41, 5.74) is 2.79. The Kier molecular flexibility index (Phi) is 6.78. The molecule has 0 aliphatic rings. The van der Waals surface area contributed by atoms with Crippen LogP contribution in [0, 0.1) is 13.8 Å². The van der Waals surface area contributed by atoms with Gasteiger partial charge < -0.3 is 19.3 Å². The number of halogens is 3. The molecule has 1 amide bonds. The molecule has 0 saturated heterocycles. The molecular formula is C21H20F3N3O4. The van der Waals surface area contributed by atoms with Crippen molar-refractivity contribution in [1.82, 2.24) is 10.1 Å². The average molecular weight is 435 g/mol. The van der Waals surface area contributed by atoms with E-state index in [-0.39, 0.29) is 18.2 Å². The second-order valence-corrected chi connectivity index (χ2v) is 6.75. The number of ether oxygens (including phenoxy) is 2. The number of anilines is 1. The van der Waals surface area contributed by atoms with Gasteiger partial charge >= 0.3 is 6.18 Å². The number of carbonyl (C=O) groups is 1. The fourth-order valence-corrected chi connectivity index (χ4v) is 2.65.